The van der Waals surface area contributed by atoms with Gasteiger partial charge in [0.25, 0.3) is 0 Å². The molecule has 27 heavy (non-hydrogen) atoms. The SMILES string of the molecule is CCN(CC)Cc1cc(/C(C)=N/NC(=S)Nc2ccc(F)cc2)ccc1O. The van der Waals surface area contributed by atoms with Crippen LogP contribution in [0.5, 0.6) is 5.75 Å². The molecule has 0 aliphatic rings. The Hall–Kier alpha value is -2.51. The van der Waals surface area contributed by atoms with Gasteiger partial charge in [-0.25, -0.2) is 4.39 Å². The van der Waals surface area contributed by atoms with Gasteiger partial charge in [-0.2, -0.15) is 5.10 Å². The van der Waals surface area contributed by atoms with E-state index in [2.05, 4.69) is 34.6 Å². The molecule has 0 bridgehead atoms. The van der Waals surface area contributed by atoms with Crippen molar-refractivity contribution in [2.24, 2.45) is 5.10 Å². The number of aromatic hydroxyl groups is 1. The summed E-state index contributed by atoms with van der Waals surface area (Å²) in [6, 6.07) is 11.3. The lowest BCUT2D eigenvalue weighted by Crippen LogP contribution is -2.25. The fraction of sp³-hybridized carbons (Fsp3) is 0.300. The third kappa shape index (κ3) is 6.30. The average Bonchev–Trinajstić information content (AvgIpc) is 2.67. The van der Waals surface area contributed by atoms with Crippen molar-refractivity contribution < 1.29 is 9.50 Å². The van der Waals surface area contributed by atoms with Crippen LogP contribution in [0, 0.1) is 5.82 Å². The standard InChI is InChI=1S/C20H25FN4OS/c1-4-25(5-2)13-16-12-15(6-11-19(16)26)14(3)23-24-20(27)22-18-9-7-17(21)8-10-18/h6-12,26H,4-5,13H2,1-3H3,(H2,22,24,27)/b23-14+. The maximum atomic E-state index is 12.9. The summed E-state index contributed by atoms with van der Waals surface area (Å²) in [7, 11) is 0. The minimum atomic E-state index is -0.305. The number of phenolic OH excluding ortho intramolecular Hbond substituents is 1. The molecule has 0 spiro atoms. The van der Waals surface area contributed by atoms with Crippen molar-refractivity contribution >= 4 is 28.7 Å². The Kier molecular flexibility index (Phi) is 7.69. The zero-order chi connectivity index (χ0) is 19.8. The first-order valence-electron chi connectivity index (χ1n) is 8.84. The van der Waals surface area contributed by atoms with Crippen LogP contribution in [0.25, 0.3) is 0 Å². The molecular formula is C20H25FN4OS. The number of benzene rings is 2. The van der Waals surface area contributed by atoms with Crippen molar-refractivity contribution in [3.8, 4) is 5.75 Å². The van der Waals surface area contributed by atoms with Gasteiger partial charge in [0.1, 0.15) is 11.6 Å². The van der Waals surface area contributed by atoms with Crippen LogP contribution in [0.4, 0.5) is 10.1 Å². The molecule has 2 aromatic rings. The second kappa shape index (κ2) is 9.99. The number of anilines is 1. The van der Waals surface area contributed by atoms with Crippen molar-refractivity contribution in [3.63, 3.8) is 0 Å². The second-order valence-corrected chi connectivity index (χ2v) is 6.48. The second-order valence-electron chi connectivity index (χ2n) is 6.07. The first-order valence-corrected chi connectivity index (χ1v) is 9.25. The number of nitrogens with zero attached hydrogens (tertiary/aromatic N) is 2. The summed E-state index contributed by atoms with van der Waals surface area (Å²) >= 11 is 5.20. The normalized spacial score (nSPS) is 11.5. The van der Waals surface area contributed by atoms with Crippen LogP contribution in [0.1, 0.15) is 31.9 Å². The van der Waals surface area contributed by atoms with Crippen LogP contribution in [0.3, 0.4) is 0 Å². The average molecular weight is 389 g/mol. The lowest BCUT2D eigenvalue weighted by molar-refractivity contribution is 0.291. The summed E-state index contributed by atoms with van der Waals surface area (Å²) in [5.74, 6) is -0.0268. The van der Waals surface area contributed by atoms with Crippen LogP contribution in [-0.4, -0.2) is 33.9 Å². The predicted molar refractivity (Wildman–Crippen MR) is 113 cm³/mol. The summed E-state index contributed by atoms with van der Waals surface area (Å²) < 4.78 is 12.9. The van der Waals surface area contributed by atoms with Crippen molar-refractivity contribution in [3.05, 3.63) is 59.4 Å². The topological polar surface area (TPSA) is 59.9 Å². The largest absolute Gasteiger partial charge is 0.508 e. The number of rotatable bonds is 7. The van der Waals surface area contributed by atoms with E-state index in [9.17, 15) is 9.50 Å². The Bertz CT molecular complexity index is 804. The maximum absolute atomic E-state index is 12.9. The summed E-state index contributed by atoms with van der Waals surface area (Å²) in [6.07, 6.45) is 0. The molecule has 0 heterocycles. The first kappa shape index (κ1) is 20.8. The zero-order valence-corrected chi connectivity index (χ0v) is 16.6. The first-order chi connectivity index (χ1) is 12.9. The molecule has 2 rings (SSSR count). The minimum Gasteiger partial charge on any atom is -0.508 e. The molecule has 0 radical (unpaired) electrons. The maximum Gasteiger partial charge on any atom is 0.191 e. The molecule has 0 saturated heterocycles. The Balaban J connectivity index is 2.04. The molecule has 0 aliphatic heterocycles. The van der Waals surface area contributed by atoms with Crippen LogP contribution < -0.4 is 10.7 Å². The van der Waals surface area contributed by atoms with E-state index in [0.717, 1.165) is 29.9 Å². The molecule has 5 nitrogen and oxygen atoms in total. The van der Waals surface area contributed by atoms with Gasteiger partial charge in [0.15, 0.2) is 5.11 Å². The molecule has 144 valence electrons. The highest BCUT2D eigenvalue weighted by atomic mass is 32.1. The van der Waals surface area contributed by atoms with Crippen molar-refractivity contribution in [2.45, 2.75) is 27.3 Å². The number of nitrogens with one attached hydrogen (secondary N) is 2. The number of hydrogen-bond acceptors (Lipinski definition) is 4. The minimum absolute atomic E-state index is 0.278. The smallest absolute Gasteiger partial charge is 0.191 e. The Morgan fingerprint density at radius 2 is 1.81 bits per heavy atom. The fourth-order valence-corrected chi connectivity index (χ4v) is 2.68. The molecule has 0 fully saturated rings. The molecule has 0 aromatic heterocycles. The van der Waals surface area contributed by atoms with Crippen LogP contribution in [0.15, 0.2) is 47.6 Å². The van der Waals surface area contributed by atoms with Gasteiger partial charge in [0.2, 0.25) is 0 Å². The number of hydrazone groups is 1. The molecule has 2 aromatic carbocycles. The van der Waals surface area contributed by atoms with Gasteiger partial charge in [-0.15, -0.1) is 0 Å². The van der Waals surface area contributed by atoms with Gasteiger partial charge in [-0.3, -0.25) is 10.3 Å². The van der Waals surface area contributed by atoms with Crippen LogP contribution >= 0.6 is 12.2 Å². The van der Waals surface area contributed by atoms with E-state index < -0.39 is 0 Å². The molecule has 0 unspecified atom stereocenters. The van der Waals surface area contributed by atoms with Gasteiger partial charge in [-0.1, -0.05) is 13.8 Å². The van der Waals surface area contributed by atoms with Crippen LogP contribution in [-0.2, 0) is 6.54 Å². The summed E-state index contributed by atoms with van der Waals surface area (Å²) in [4.78, 5) is 2.23. The molecule has 3 N–H and O–H groups in total. The van der Waals surface area contributed by atoms with Gasteiger partial charge in [0, 0.05) is 17.8 Å². The number of thiocarbonyl (C=S) groups is 1. The lowest BCUT2D eigenvalue weighted by atomic mass is 10.1. The highest BCUT2D eigenvalue weighted by Crippen LogP contribution is 2.21. The molecule has 0 aliphatic carbocycles. The Labute approximate surface area is 164 Å². The molecule has 0 amide bonds. The van der Waals surface area contributed by atoms with E-state index in [1.165, 1.54) is 12.1 Å². The highest BCUT2D eigenvalue weighted by molar-refractivity contribution is 7.80. The van der Waals surface area contributed by atoms with Gasteiger partial charge < -0.3 is 10.4 Å². The number of phenols is 1. The quantitative estimate of drug-likeness (QED) is 0.379. The van der Waals surface area contributed by atoms with Crippen molar-refractivity contribution in [1.82, 2.24) is 10.3 Å². The summed E-state index contributed by atoms with van der Waals surface area (Å²) in [5, 5.41) is 17.7. The summed E-state index contributed by atoms with van der Waals surface area (Å²) in [6.45, 7) is 8.56. The molecular weight excluding hydrogens is 363 g/mol. The number of hydrogen-bond donors (Lipinski definition) is 3. The molecule has 7 heteroatoms. The highest BCUT2D eigenvalue weighted by Gasteiger charge is 2.09. The van der Waals surface area contributed by atoms with Gasteiger partial charge >= 0.3 is 0 Å². The molecule has 0 atom stereocenters. The van der Waals surface area contributed by atoms with E-state index in [-0.39, 0.29) is 11.6 Å². The van der Waals surface area contributed by atoms with E-state index >= 15 is 0 Å². The Morgan fingerprint density at radius 3 is 2.44 bits per heavy atom. The van der Waals surface area contributed by atoms with Gasteiger partial charge in [-0.05, 0) is 80.3 Å². The fourth-order valence-electron chi connectivity index (χ4n) is 2.52. The van der Waals surface area contributed by atoms with Gasteiger partial charge in [0.05, 0.1) is 5.71 Å². The predicted octanol–water partition coefficient (Wildman–Crippen LogP) is 4.08. The van der Waals surface area contributed by atoms with Crippen LogP contribution in [0.2, 0.25) is 0 Å². The van der Waals surface area contributed by atoms with Crippen molar-refractivity contribution in [2.75, 3.05) is 18.4 Å². The lowest BCUT2D eigenvalue weighted by Gasteiger charge is -2.19. The third-order valence-corrected chi connectivity index (χ3v) is 4.41. The molecule has 0 saturated carbocycles. The monoisotopic (exact) mass is 388 g/mol. The summed E-state index contributed by atoms with van der Waals surface area (Å²) in [5.41, 5.74) is 5.95. The van der Waals surface area contributed by atoms with E-state index in [0.29, 0.717) is 17.3 Å². The Morgan fingerprint density at radius 1 is 1.15 bits per heavy atom. The zero-order valence-electron chi connectivity index (χ0n) is 15.8. The number of halogens is 1. The van der Waals surface area contributed by atoms with E-state index in [4.69, 9.17) is 12.2 Å². The van der Waals surface area contributed by atoms with E-state index in [1.807, 2.05) is 19.1 Å². The van der Waals surface area contributed by atoms with E-state index in [1.54, 1.807) is 18.2 Å². The van der Waals surface area contributed by atoms with Crippen molar-refractivity contribution in [1.29, 1.82) is 0 Å². The third-order valence-electron chi connectivity index (χ3n) is 4.21.